The molecule has 0 bridgehead atoms. The lowest BCUT2D eigenvalue weighted by molar-refractivity contribution is -0.0799. The van der Waals surface area contributed by atoms with Crippen molar-refractivity contribution in [2.24, 2.45) is 5.92 Å². The van der Waals surface area contributed by atoms with Gasteiger partial charge in [-0.05, 0) is 42.8 Å². The zero-order valence-electron chi connectivity index (χ0n) is 21.1. The SMILES string of the molecule is Nc1ncnc2c1c(-c1ccc(Oc3ccccc3)cc1)nn2[C@H]1CCN(C2CNC2)C[C@]1(F)C1CNC1. The van der Waals surface area contributed by atoms with Gasteiger partial charge in [-0.15, -0.1) is 0 Å². The van der Waals surface area contributed by atoms with E-state index in [9.17, 15) is 0 Å². The highest BCUT2D eigenvalue weighted by molar-refractivity contribution is 5.98. The summed E-state index contributed by atoms with van der Waals surface area (Å²) in [7, 11) is 0. The van der Waals surface area contributed by atoms with Crippen LogP contribution >= 0.6 is 0 Å². The van der Waals surface area contributed by atoms with Gasteiger partial charge in [-0.2, -0.15) is 5.10 Å². The van der Waals surface area contributed by atoms with Crippen LogP contribution in [0.1, 0.15) is 12.5 Å². The molecule has 2 atom stereocenters. The number of nitrogens with zero attached hydrogens (tertiary/aromatic N) is 5. The van der Waals surface area contributed by atoms with Gasteiger partial charge in [0.05, 0.1) is 11.4 Å². The van der Waals surface area contributed by atoms with Crippen LogP contribution in [0.25, 0.3) is 22.3 Å². The Labute approximate surface area is 220 Å². The van der Waals surface area contributed by atoms with Crippen molar-refractivity contribution in [1.82, 2.24) is 35.3 Å². The highest BCUT2D eigenvalue weighted by atomic mass is 19.1. The number of piperidine rings is 1. The summed E-state index contributed by atoms with van der Waals surface area (Å²) >= 11 is 0. The molecule has 0 spiro atoms. The number of benzene rings is 2. The number of anilines is 1. The number of fused-ring (bicyclic) bond motifs is 1. The first kappa shape index (κ1) is 23.5. The minimum atomic E-state index is -1.43. The van der Waals surface area contributed by atoms with Crippen molar-refractivity contribution in [3.8, 4) is 22.8 Å². The van der Waals surface area contributed by atoms with Crippen LogP contribution in [-0.2, 0) is 0 Å². The molecule has 2 aromatic heterocycles. The standard InChI is InChI=1S/C28H31FN8O/c29-28(19-12-31-13-19)16-36(20-14-32-15-20)11-10-23(28)37-27-24(26(30)33-17-34-27)25(35-37)18-6-8-22(9-7-18)38-21-4-2-1-3-5-21/h1-9,17,19-20,23,31-32H,10-16H2,(H2,30,33,34)/t23-,28-/m0/s1. The van der Waals surface area contributed by atoms with Crippen LogP contribution in [0.5, 0.6) is 11.5 Å². The number of alkyl halides is 1. The molecule has 3 fully saturated rings. The maximum absolute atomic E-state index is 17.2. The lowest BCUT2D eigenvalue weighted by Gasteiger charge is -2.52. The fraction of sp³-hybridized carbons (Fsp3) is 0.393. The first-order valence-corrected chi connectivity index (χ1v) is 13.3. The average molecular weight is 515 g/mol. The molecule has 2 aromatic carbocycles. The predicted molar refractivity (Wildman–Crippen MR) is 144 cm³/mol. The molecular weight excluding hydrogens is 483 g/mol. The molecule has 38 heavy (non-hydrogen) atoms. The number of ether oxygens (including phenoxy) is 1. The van der Waals surface area contributed by atoms with Crippen LogP contribution in [0.4, 0.5) is 10.2 Å². The third-order valence-corrected chi connectivity index (χ3v) is 8.35. The Hall–Kier alpha value is -3.60. The van der Waals surface area contributed by atoms with E-state index in [2.05, 4.69) is 25.5 Å². The molecule has 0 amide bonds. The van der Waals surface area contributed by atoms with Crippen molar-refractivity contribution in [2.45, 2.75) is 24.2 Å². The molecule has 4 N–H and O–H groups in total. The normalized spacial score (nSPS) is 24.7. The number of hydrogen-bond acceptors (Lipinski definition) is 8. The second-order valence-electron chi connectivity index (χ2n) is 10.6. The van der Waals surface area contributed by atoms with Crippen LogP contribution in [-0.4, -0.2) is 75.6 Å². The number of hydrogen-bond donors (Lipinski definition) is 3. The Morgan fingerprint density at radius 1 is 0.947 bits per heavy atom. The van der Waals surface area contributed by atoms with Gasteiger partial charge in [0.2, 0.25) is 0 Å². The summed E-state index contributed by atoms with van der Waals surface area (Å²) in [4.78, 5) is 11.1. The van der Waals surface area contributed by atoms with Gasteiger partial charge in [-0.25, -0.2) is 19.0 Å². The van der Waals surface area contributed by atoms with E-state index >= 15 is 4.39 Å². The van der Waals surface area contributed by atoms with E-state index in [1.54, 1.807) is 4.68 Å². The van der Waals surface area contributed by atoms with Crippen molar-refractivity contribution in [1.29, 1.82) is 0 Å². The van der Waals surface area contributed by atoms with Gasteiger partial charge in [0.25, 0.3) is 0 Å². The molecule has 0 unspecified atom stereocenters. The van der Waals surface area contributed by atoms with E-state index in [-0.39, 0.29) is 5.92 Å². The van der Waals surface area contributed by atoms with Crippen LogP contribution in [0, 0.1) is 5.92 Å². The summed E-state index contributed by atoms with van der Waals surface area (Å²) in [6, 6.07) is 17.3. The van der Waals surface area contributed by atoms with Gasteiger partial charge in [0.1, 0.15) is 29.3 Å². The first-order valence-electron chi connectivity index (χ1n) is 13.3. The summed E-state index contributed by atoms with van der Waals surface area (Å²) in [6.07, 6.45) is 2.10. The molecule has 0 saturated carbocycles. The number of rotatable bonds is 6. The molecule has 4 aromatic rings. The number of halogens is 1. The molecule has 10 heteroatoms. The number of para-hydroxylation sites is 1. The molecule has 9 nitrogen and oxygen atoms in total. The van der Waals surface area contributed by atoms with Gasteiger partial charge in [0.15, 0.2) is 11.3 Å². The fourth-order valence-corrected chi connectivity index (χ4v) is 5.94. The summed E-state index contributed by atoms with van der Waals surface area (Å²) in [5, 5.41) is 12.2. The molecule has 0 radical (unpaired) electrons. The molecular formula is C28H31FN8O. The quantitative estimate of drug-likeness (QED) is 0.361. The largest absolute Gasteiger partial charge is 0.457 e. The molecule has 3 aliphatic rings. The highest BCUT2D eigenvalue weighted by Crippen LogP contribution is 2.45. The Kier molecular flexibility index (Phi) is 5.75. The number of nitrogen functional groups attached to an aromatic ring is 1. The van der Waals surface area contributed by atoms with E-state index in [1.165, 1.54) is 6.33 Å². The number of aromatic nitrogens is 4. The van der Waals surface area contributed by atoms with Crippen LogP contribution < -0.4 is 21.1 Å². The lowest BCUT2D eigenvalue weighted by Crippen LogP contribution is -2.68. The zero-order valence-corrected chi connectivity index (χ0v) is 21.1. The molecule has 196 valence electrons. The fourth-order valence-electron chi connectivity index (χ4n) is 5.94. The molecule has 0 aliphatic carbocycles. The average Bonchev–Trinajstić information content (AvgIpc) is 3.23. The van der Waals surface area contributed by atoms with Crippen molar-refractivity contribution in [3.63, 3.8) is 0 Å². The third kappa shape index (κ3) is 3.91. The second kappa shape index (κ2) is 9.30. The lowest BCUT2D eigenvalue weighted by atomic mass is 9.75. The molecule has 7 rings (SSSR count). The third-order valence-electron chi connectivity index (χ3n) is 8.35. The smallest absolute Gasteiger partial charge is 0.164 e. The Balaban J connectivity index is 1.26. The number of nitrogens with two attached hydrogens (primary N) is 1. The summed E-state index contributed by atoms with van der Waals surface area (Å²) in [5.74, 6) is 1.75. The second-order valence-corrected chi connectivity index (χ2v) is 10.6. The maximum Gasteiger partial charge on any atom is 0.164 e. The molecule has 5 heterocycles. The summed E-state index contributed by atoms with van der Waals surface area (Å²) in [6.45, 7) is 4.43. The predicted octanol–water partition coefficient (Wildman–Crippen LogP) is 3.01. The minimum absolute atomic E-state index is 0.0698. The van der Waals surface area contributed by atoms with Crippen molar-refractivity contribution >= 4 is 16.9 Å². The Morgan fingerprint density at radius 2 is 1.68 bits per heavy atom. The van der Waals surface area contributed by atoms with Crippen LogP contribution in [0.3, 0.4) is 0 Å². The van der Waals surface area contributed by atoms with E-state index in [0.29, 0.717) is 60.4 Å². The van der Waals surface area contributed by atoms with Gasteiger partial charge in [-0.1, -0.05) is 18.2 Å². The minimum Gasteiger partial charge on any atom is -0.457 e. The van der Waals surface area contributed by atoms with E-state index in [1.807, 2.05) is 54.6 Å². The highest BCUT2D eigenvalue weighted by Gasteiger charge is 2.54. The van der Waals surface area contributed by atoms with Gasteiger partial charge >= 0.3 is 0 Å². The Bertz CT molecular complexity index is 1440. The number of nitrogens with one attached hydrogen (secondary N) is 2. The maximum atomic E-state index is 17.2. The summed E-state index contributed by atoms with van der Waals surface area (Å²) in [5.41, 5.74) is 7.03. The number of likely N-dealkylation sites (tertiary alicyclic amines) is 1. The van der Waals surface area contributed by atoms with Gasteiger partial charge in [0, 0.05) is 56.8 Å². The molecule has 3 saturated heterocycles. The molecule has 3 aliphatic heterocycles. The van der Waals surface area contributed by atoms with Gasteiger partial charge in [-0.3, -0.25) is 4.90 Å². The van der Waals surface area contributed by atoms with E-state index in [0.717, 1.165) is 30.9 Å². The van der Waals surface area contributed by atoms with Crippen molar-refractivity contribution in [2.75, 3.05) is 45.0 Å². The van der Waals surface area contributed by atoms with E-state index < -0.39 is 11.7 Å². The van der Waals surface area contributed by atoms with Gasteiger partial charge < -0.3 is 21.1 Å². The zero-order chi connectivity index (χ0) is 25.7. The first-order chi connectivity index (χ1) is 18.6. The monoisotopic (exact) mass is 514 g/mol. The van der Waals surface area contributed by atoms with Crippen LogP contribution in [0.15, 0.2) is 60.9 Å². The van der Waals surface area contributed by atoms with E-state index in [4.69, 9.17) is 15.6 Å². The van der Waals surface area contributed by atoms with Crippen molar-refractivity contribution < 1.29 is 9.13 Å². The van der Waals surface area contributed by atoms with Crippen LogP contribution in [0.2, 0.25) is 0 Å². The summed E-state index contributed by atoms with van der Waals surface area (Å²) < 4.78 is 24.9. The Morgan fingerprint density at radius 3 is 2.37 bits per heavy atom. The van der Waals surface area contributed by atoms with Crippen molar-refractivity contribution in [3.05, 3.63) is 60.9 Å². The topological polar surface area (TPSA) is 106 Å².